The van der Waals surface area contributed by atoms with Crippen molar-refractivity contribution < 1.29 is 0 Å². The summed E-state index contributed by atoms with van der Waals surface area (Å²) in [5.74, 6) is 0.799. The van der Waals surface area contributed by atoms with E-state index >= 15 is 0 Å². The third-order valence-electron chi connectivity index (χ3n) is 1.86. The number of anilines is 2. The van der Waals surface area contributed by atoms with E-state index in [1.54, 1.807) is 0 Å². The van der Waals surface area contributed by atoms with Gasteiger partial charge in [0, 0.05) is 6.07 Å². The van der Waals surface area contributed by atoms with Gasteiger partial charge in [-0.3, -0.25) is 0 Å². The second-order valence-corrected chi connectivity index (χ2v) is 3.67. The molecule has 0 aromatic carbocycles. The summed E-state index contributed by atoms with van der Waals surface area (Å²) >= 11 is 0. The Morgan fingerprint density at radius 1 is 1.50 bits per heavy atom. The topological polar surface area (TPSA) is 88.7 Å². The summed E-state index contributed by atoms with van der Waals surface area (Å²) < 4.78 is 0. The molecule has 0 fully saturated rings. The van der Waals surface area contributed by atoms with Gasteiger partial charge in [0.25, 0.3) is 0 Å². The largest absolute Gasteiger partial charge is 0.397 e. The van der Waals surface area contributed by atoms with Crippen LogP contribution in [0.5, 0.6) is 0 Å². The van der Waals surface area contributed by atoms with Gasteiger partial charge in [0.15, 0.2) is 0 Å². The number of aromatic nitrogens is 1. The Morgan fingerprint density at radius 3 is 2.64 bits per heavy atom. The lowest BCUT2D eigenvalue weighted by molar-refractivity contribution is 0.635. The van der Waals surface area contributed by atoms with E-state index in [9.17, 15) is 0 Å². The second-order valence-electron chi connectivity index (χ2n) is 3.67. The molecular formula is C10H14N4. The number of nitriles is 1. The number of hydrogen-bond donors (Lipinski definition) is 2. The van der Waals surface area contributed by atoms with Crippen LogP contribution in [0, 0.1) is 17.2 Å². The van der Waals surface area contributed by atoms with Crippen molar-refractivity contribution in [3.05, 3.63) is 17.3 Å². The van der Waals surface area contributed by atoms with Gasteiger partial charge in [-0.25, -0.2) is 4.98 Å². The smallest absolute Gasteiger partial charge is 0.125 e. The van der Waals surface area contributed by atoms with Gasteiger partial charge < -0.3 is 11.5 Å². The first-order valence-electron chi connectivity index (χ1n) is 4.49. The van der Waals surface area contributed by atoms with Crippen LogP contribution in [0.4, 0.5) is 11.5 Å². The minimum Gasteiger partial charge on any atom is -0.397 e. The molecule has 1 aromatic rings. The molecular weight excluding hydrogens is 176 g/mol. The maximum atomic E-state index is 8.89. The van der Waals surface area contributed by atoms with E-state index in [0.717, 1.165) is 6.42 Å². The molecule has 0 unspecified atom stereocenters. The fourth-order valence-corrected chi connectivity index (χ4v) is 1.31. The summed E-state index contributed by atoms with van der Waals surface area (Å²) in [4.78, 5) is 4.12. The molecule has 0 aliphatic heterocycles. The van der Waals surface area contributed by atoms with Gasteiger partial charge in [-0.05, 0) is 12.3 Å². The average molecular weight is 190 g/mol. The van der Waals surface area contributed by atoms with Crippen molar-refractivity contribution in [3.8, 4) is 6.07 Å². The standard InChI is InChI=1S/C10H14N4/c1-6(2)3-9-7(5-11)8(12)4-10(13)14-9/h4,6H,3H2,1-2H3,(H4,12,13,14). The zero-order valence-electron chi connectivity index (χ0n) is 8.41. The summed E-state index contributed by atoms with van der Waals surface area (Å²) in [5.41, 5.74) is 12.8. The van der Waals surface area contributed by atoms with Crippen molar-refractivity contribution in [2.75, 3.05) is 11.5 Å². The zero-order chi connectivity index (χ0) is 10.7. The molecule has 0 bridgehead atoms. The van der Waals surface area contributed by atoms with Gasteiger partial charge in [-0.2, -0.15) is 5.26 Å². The van der Waals surface area contributed by atoms with E-state index in [4.69, 9.17) is 16.7 Å². The summed E-state index contributed by atoms with van der Waals surface area (Å²) in [6, 6.07) is 3.57. The molecule has 4 N–H and O–H groups in total. The Labute approximate surface area is 83.5 Å². The maximum Gasteiger partial charge on any atom is 0.125 e. The van der Waals surface area contributed by atoms with Crippen LogP contribution in [0.25, 0.3) is 0 Å². The molecule has 0 saturated carbocycles. The first-order chi connectivity index (χ1) is 6.54. The number of hydrogen-bond acceptors (Lipinski definition) is 4. The van der Waals surface area contributed by atoms with E-state index in [1.165, 1.54) is 6.07 Å². The van der Waals surface area contributed by atoms with Crippen molar-refractivity contribution in [3.63, 3.8) is 0 Å². The van der Waals surface area contributed by atoms with Gasteiger partial charge in [0.05, 0.1) is 16.9 Å². The Bertz CT molecular complexity index is 376. The van der Waals surface area contributed by atoms with E-state index in [0.29, 0.717) is 28.7 Å². The van der Waals surface area contributed by atoms with E-state index in [-0.39, 0.29) is 0 Å². The monoisotopic (exact) mass is 190 g/mol. The highest BCUT2D eigenvalue weighted by Gasteiger charge is 2.10. The predicted octanol–water partition coefficient (Wildman–Crippen LogP) is 1.32. The van der Waals surface area contributed by atoms with Crippen LogP contribution in [0.2, 0.25) is 0 Å². The minimum atomic E-state index is 0.372. The molecule has 4 nitrogen and oxygen atoms in total. The van der Waals surface area contributed by atoms with E-state index in [1.807, 2.05) is 0 Å². The molecule has 0 spiro atoms. The molecule has 1 aromatic heterocycles. The van der Waals surface area contributed by atoms with Crippen LogP contribution >= 0.6 is 0 Å². The van der Waals surface area contributed by atoms with Crippen LogP contribution in [-0.4, -0.2) is 4.98 Å². The van der Waals surface area contributed by atoms with E-state index in [2.05, 4.69) is 24.9 Å². The molecule has 0 aliphatic rings. The summed E-state index contributed by atoms with van der Waals surface area (Å²) in [7, 11) is 0. The predicted molar refractivity (Wildman–Crippen MR) is 56.3 cm³/mol. The highest BCUT2D eigenvalue weighted by molar-refractivity contribution is 5.60. The molecule has 74 valence electrons. The SMILES string of the molecule is CC(C)Cc1nc(N)cc(N)c1C#N. The minimum absolute atomic E-state index is 0.372. The Morgan fingerprint density at radius 2 is 2.14 bits per heavy atom. The van der Waals surface area contributed by atoms with E-state index < -0.39 is 0 Å². The molecule has 4 heteroatoms. The van der Waals surface area contributed by atoms with Crippen LogP contribution in [-0.2, 0) is 6.42 Å². The first kappa shape index (κ1) is 10.3. The van der Waals surface area contributed by atoms with Crippen molar-refractivity contribution >= 4 is 11.5 Å². The number of pyridine rings is 1. The molecule has 14 heavy (non-hydrogen) atoms. The second kappa shape index (κ2) is 3.97. The van der Waals surface area contributed by atoms with Crippen LogP contribution < -0.4 is 11.5 Å². The number of rotatable bonds is 2. The first-order valence-corrected chi connectivity index (χ1v) is 4.49. The summed E-state index contributed by atoms with van der Waals surface area (Å²) in [5, 5.41) is 8.89. The number of nitrogens with two attached hydrogens (primary N) is 2. The number of nitrogens with zero attached hydrogens (tertiary/aromatic N) is 2. The third-order valence-corrected chi connectivity index (χ3v) is 1.86. The Hall–Kier alpha value is -1.76. The Balaban J connectivity index is 3.20. The maximum absolute atomic E-state index is 8.89. The molecule has 0 amide bonds. The fraction of sp³-hybridized carbons (Fsp3) is 0.400. The van der Waals surface area contributed by atoms with Gasteiger partial charge in [0.2, 0.25) is 0 Å². The summed E-state index contributed by atoms with van der Waals surface area (Å²) in [6.07, 6.45) is 0.720. The third kappa shape index (κ3) is 2.13. The van der Waals surface area contributed by atoms with Crippen LogP contribution in [0.3, 0.4) is 0 Å². The molecule has 0 atom stereocenters. The van der Waals surface area contributed by atoms with Gasteiger partial charge in [-0.15, -0.1) is 0 Å². The highest BCUT2D eigenvalue weighted by atomic mass is 14.9. The van der Waals surface area contributed by atoms with Crippen molar-refractivity contribution in [1.82, 2.24) is 4.98 Å². The van der Waals surface area contributed by atoms with Crippen molar-refractivity contribution in [2.45, 2.75) is 20.3 Å². The Kier molecular flexibility index (Phi) is 2.92. The van der Waals surface area contributed by atoms with Crippen LogP contribution in [0.15, 0.2) is 6.07 Å². The lowest BCUT2D eigenvalue weighted by Crippen LogP contribution is -2.06. The van der Waals surface area contributed by atoms with Crippen molar-refractivity contribution in [2.24, 2.45) is 5.92 Å². The van der Waals surface area contributed by atoms with Gasteiger partial charge in [-0.1, -0.05) is 13.8 Å². The number of nitrogen functional groups attached to an aromatic ring is 2. The molecule has 0 radical (unpaired) electrons. The lowest BCUT2D eigenvalue weighted by atomic mass is 10.0. The van der Waals surface area contributed by atoms with Gasteiger partial charge in [0.1, 0.15) is 11.9 Å². The lowest BCUT2D eigenvalue weighted by Gasteiger charge is -2.08. The fourth-order valence-electron chi connectivity index (χ4n) is 1.31. The molecule has 0 saturated heterocycles. The highest BCUT2D eigenvalue weighted by Crippen LogP contribution is 2.19. The quantitative estimate of drug-likeness (QED) is 0.736. The molecule has 1 rings (SSSR count). The van der Waals surface area contributed by atoms with Crippen molar-refractivity contribution in [1.29, 1.82) is 5.26 Å². The molecule has 0 aliphatic carbocycles. The van der Waals surface area contributed by atoms with Gasteiger partial charge >= 0.3 is 0 Å². The zero-order valence-corrected chi connectivity index (χ0v) is 8.41. The molecule has 1 heterocycles. The normalized spacial score (nSPS) is 10.1. The average Bonchev–Trinajstić information content (AvgIpc) is 2.01. The summed E-state index contributed by atoms with van der Waals surface area (Å²) in [6.45, 7) is 4.12. The van der Waals surface area contributed by atoms with Crippen LogP contribution in [0.1, 0.15) is 25.1 Å².